The van der Waals surface area contributed by atoms with Gasteiger partial charge in [0.05, 0.1) is 11.9 Å². The lowest BCUT2D eigenvalue weighted by molar-refractivity contribution is 0.738. The van der Waals surface area contributed by atoms with Crippen LogP contribution in [0.15, 0.2) is 30.7 Å². The Bertz CT molecular complexity index is 433. The van der Waals surface area contributed by atoms with Gasteiger partial charge < -0.3 is 5.32 Å². The molecule has 0 aliphatic heterocycles. The van der Waals surface area contributed by atoms with Gasteiger partial charge in [-0.25, -0.2) is 0 Å². The minimum absolute atomic E-state index is 0.783. The third-order valence-electron chi connectivity index (χ3n) is 2.48. The van der Waals surface area contributed by atoms with Crippen LogP contribution in [-0.2, 0) is 13.6 Å². The van der Waals surface area contributed by atoms with Gasteiger partial charge in [-0.2, -0.15) is 5.10 Å². The Kier molecular flexibility index (Phi) is 2.67. The zero-order valence-electron chi connectivity index (χ0n) is 8.94. The second-order valence-corrected chi connectivity index (χ2v) is 3.47. The average Bonchev–Trinajstić information content (AvgIpc) is 2.59. The molecule has 4 heteroatoms. The number of hydrogen-bond donors (Lipinski definition) is 1. The summed E-state index contributed by atoms with van der Waals surface area (Å²) in [5.74, 6) is 0. The second-order valence-electron chi connectivity index (χ2n) is 3.47. The van der Waals surface area contributed by atoms with Crippen molar-refractivity contribution in [2.24, 2.45) is 7.05 Å². The molecule has 0 saturated heterocycles. The van der Waals surface area contributed by atoms with Crippen LogP contribution in [0.4, 0.5) is 5.69 Å². The van der Waals surface area contributed by atoms with Crippen molar-refractivity contribution >= 4 is 5.69 Å². The van der Waals surface area contributed by atoms with Crippen molar-refractivity contribution in [1.29, 1.82) is 0 Å². The smallest absolute Gasteiger partial charge is 0.0542 e. The van der Waals surface area contributed by atoms with Gasteiger partial charge in [-0.05, 0) is 19.1 Å². The monoisotopic (exact) mass is 202 g/mol. The van der Waals surface area contributed by atoms with E-state index in [2.05, 4.69) is 22.3 Å². The number of nitrogens with one attached hydrogen (secondary N) is 1. The van der Waals surface area contributed by atoms with Crippen LogP contribution >= 0.6 is 0 Å². The summed E-state index contributed by atoms with van der Waals surface area (Å²) >= 11 is 0. The van der Waals surface area contributed by atoms with E-state index in [1.54, 1.807) is 6.20 Å². The van der Waals surface area contributed by atoms with E-state index in [9.17, 15) is 0 Å². The molecule has 0 aliphatic carbocycles. The van der Waals surface area contributed by atoms with Crippen LogP contribution in [-0.4, -0.2) is 14.8 Å². The lowest BCUT2D eigenvalue weighted by Crippen LogP contribution is -2.01. The van der Waals surface area contributed by atoms with Gasteiger partial charge in [-0.15, -0.1) is 0 Å². The SMILES string of the molecule is Cc1c(CNc2cccnc2)cnn1C. The van der Waals surface area contributed by atoms with E-state index in [1.165, 1.54) is 11.3 Å². The Hall–Kier alpha value is -1.84. The van der Waals surface area contributed by atoms with E-state index in [-0.39, 0.29) is 0 Å². The second kappa shape index (κ2) is 4.13. The fraction of sp³-hybridized carbons (Fsp3) is 0.273. The molecule has 2 aromatic rings. The highest BCUT2D eigenvalue weighted by Gasteiger charge is 2.02. The molecule has 0 radical (unpaired) electrons. The lowest BCUT2D eigenvalue weighted by atomic mass is 10.2. The van der Waals surface area contributed by atoms with E-state index in [4.69, 9.17) is 0 Å². The molecular formula is C11H14N4. The molecule has 0 unspecified atom stereocenters. The standard InChI is InChI=1S/C11H14N4/c1-9-10(7-14-15(9)2)6-13-11-4-3-5-12-8-11/h3-5,7-8,13H,6H2,1-2H3. The first-order valence-electron chi connectivity index (χ1n) is 4.89. The molecule has 2 heterocycles. The zero-order valence-corrected chi connectivity index (χ0v) is 8.94. The molecule has 15 heavy (non-hydrogen) atoms. The highest BCUT2D eigenvalue weighted by Crippen LogP contribution is 2.09. The van der Waals surface area contributed by atoms with Crippen molar-refractivity contribution in [3.63, 3.8) is 0 Å². The summed E-state index contributed by atoms with van der Waals surface area (Å²) in [5, 5.41) is 7.49. The average molecular weight is 202 g/mol. The Balaban J connectivity index is 2.02. The maximum atomic E-state index is 4.19. The van der Waals surface area contributed by atoms with Crippen LogP contribution in [0.2, 0.25) is 0 Å². The van der Waals surface area contributed by atoms with Crippen LogP contribution in [0, 0.1) is 6.92 Å². The van der Waals surface area contributed by atoms with Crippen LogP contribution < -0.4 is 5.32 Å². The Morgan fingerprint density at radius 1 is 1.40 bits per heavy atom. The van der Waals surface area contributed by atoms with Crippen molar-refractivity contribution < 1.29 is 0 Å². The maximum Gasteiger partial charge on any atom is 0.0542 e. The molecule has 2 aromatic heterocycles. The topological polar surface area (TPSA) is 42.7 Å². The normalized spacial score (nSPS) is 10.3. The summed E-state index contributed by atoms with van der Waals surface area (Å²) in [5.41, 5.74) is 3.42. The molecule has 0 bridgehead atoms. The lowest BCUT2D eigenvalue weighted by Gasteiger charge is -2.04. The third kappa shape index (κ3) is 2.15. The van der Waals surface area contributed by atoms with Gasteiger partial charge in [0, 0.05) is 37.2 Å². The molecule has 0 spiro atoms. The largest absolute Gasteiger partial charge is 0.380 e. The molecule has 0 amide bonds. The van der Waals surface area contributed by atoms with E-state index >= 15 is 0 Å². The van der Waals surface area contributed by atoms with Crippen molar-refractivity contribution in [2.75, 3.05) is 5.32 Å². The molecule has 0 saturated carbocycles. The first-order chi connectivity index (χ1) is 7.27. The highest BCUT2D eigenvalue weighted by atomic mass is 15.3. The van der Waals surface area contributed by atoms with Gasteiger partial charge in [0.25, 0.3) is 0 Å². The third-order valence-corrected chi connectivity index (χ3v) is 2.48. The minimum atomic E-state index is 0.783. The Labute approximate surface area is 89.0 Å². The predicted octanol–water partition coefficient (Wildman–Crippen LogP) is 1.74. The summed E-state index contributed by atoms with van der Waals surface area (Å²) in [6.45, 7) is 2.85. The number of aromatic nitrogens is 3. The molecule has 4 nitrogen and oxygen atoms in total. The van der Waals surface area contributed by atoms with Gasteiger partial charge >= 0.3 is 0 Å². The van der Waals surface area contributed by atoms with Gasteiger partial charge in [0.2, 0.25) is 0 Å². The quantitative estimate of drug-likeness (QED) is 0.824. The summed E-state index contributed by atoms with van der Waals surface area (Å²) < 4.78 is 1.88. The van der Waals surface area contributed by atoms with Crippen molar-refractivity contribution in [2.45, 2.75) is 13.5 Å². The molecule has 0 aliphatic rings. The van der Waals surface area contributed by atoms with Gasteiger partial charge in [0.1, 0.15) is 0 Å². The number of aryl methyl sites for hydroxylation is 1. The van der Waals surface area contributed by atoms with Crippen LogP contribution in [0.5, 0.6) is 0 Å². The van der Waals surface area contributed by atoms with Crippen LogP contribution in [0.25, 0.3) is 0 Å². The number of anilines is 1. The van der Waals surface area contributed by atoms with Gasteiger partial charge in [0.15, 0.2) is 0 Å². The van der Waals surface area contributed by atoms with Gasteiger partial charge in [-0.3, -0.25) is 9.67 Å². The van der Waals surface area contributed by atoms with Gasteiger partial charge in [-0.1, -0.05) is 0 Å². The molecule has 78 valence electrons. The number of rotatable bonds is 3. The first-order valence-corrected chi connectivity index (χ1v) is 4.89. The van der Waals surface area contributed by atoms with Crippen molar-refractivity contribution in [1.82, 2.24) is 14.8 Å². The Morgan fingerprint density at radius 2 is 2.27 bits per heavy atom. The zero-order chi connectivity index (χ0) is 10.7. The van der Waals surface area contributed by atoms with Crippen molar-refractivity contribution in [3.05, 3.63) is 42.0 Å². The minimum Gasteiger partial charge on any atom is -0.380 e. The first kappa shape index (κ1) is 9.71. The molecule has 2 rings (SSSR count). The Morgan fingerprint density at radius 3 is 2.87 bits per heavy atom. The molecule has 0 atom stereocenters. The molecular weight excluding hydrogens is 188 g/mol. The summed E-state index contributed by atoms with van der Waals surface area (Å²) in [7, 11) is 1.95. The maximum absolute atomic E-state index is 4.19. The molecule has 0 fully saturated rings. The highest BCUT2D eigenvalue weighted by molar-refractivity contribution is 5.40. The van der Waals surface area contributed by atoms with E-state index in [1.807, 2.05) is 36.3 Å². The number of pyridine rings is 1. The van der Waals surface area contributed by atoms with Crippen LogP contribution in [0.3, 0.4) is 0 Å². The summed E-state index contributed by atoms with van der Waals surface area (Å²) in [4.78, 5) is 4.04. The number of hydrogen-bond acceptors (Lipinski definition) is 3. The predicted molar refractivity (Wildman–Crippen MR) is 59.5 cm³/mol. The van der Waals surface area contributed by atoms with E-state index < -0.39 is 0 Å². The summed E-state index contributed by atoms with van der Waals surface area (Å²) in [6.07, 6.45) is 5.46. The van der Waals surface area contributed by atoms with Crippen molar-refractivity contribution in [3.8, 4) is 0 Å². The summed E-state index contributed by atoms with van der Waals surface area (Å²) in [6, 6.07) is 3.91. The fourth-order valence-electron chi connectivity index (χ4n) is 1.38. The molecule has 1 N–H and O–H groups in total. The van der Waals surface area contributed by atoms with E-state index in [0.29, 0.717) is 0 Å². The fourth-order valence-corrected chi connectivity index (χ4v) is 1.38. The van der Waals surface area contributed by atoms with Crippen LogP contribution in [0.1, 0.15) is 11.3 Å². The molecule has 0 aromatic carbocycles. The number of nitrogens with zero attached hydrogens (tertiary/aromatic N) is 3. The van der Waals surface area contributed by atoms with E-state index in [0.717, 1.165) is 12.2 Å².